The molecule has 0 amide bonds. The van der Waals surface area contributed by atoms with E-state index in [-0.39, 0.29) is 18.6 Å². The van der Waals surface area contributed by atoms with Crippen LogP contribution in [0.25, 0.3) is 0 Å². The molecule has 0 atom stereocenters. The molecule has 3 aromatic carbocycles. The lowest BCUT2D eigenvalue weighted by atomic mass is 9.95. The average Bonchev–Trinajstić information content (AvgIpc) is 2.84. The van der Waals surface area contributed by atoms with Crippen molar-refractivity contribution in [2.24, 2.45) is 0 Å². The number of alkyl halides is 3. The van der Waals surface area contributed by atoms with Gasteiger partial charge in [-0.15, -0.1) is 13.2 Å². The van der Waals surface area contributed by atoms with Crippen molar-refractivity contribution in [3.05, 3.63) is 99.6 Å². The molecule has 6 heteroatoms. The van der Waals surface area contributed by atoms with Crippen LogP contribution in [0.5, 0.6) is 5.75 Å². The minimum absolute atomic E-state index is 0.0907. The molecule has 0 aliphatic rings. The van der Waals surface area contributed by atoms with E-state index >= 15 is 0 Å². The molecule has 178 valence electrons. The Morgan fingerprint density at radius 1 is 0.722 bits per heavy atom. The Balaban J connectivity index is 1.96. The van der Waals surface area contributed by atoms with Crippen LogP contribution >= 0.6 is 0 Å². The number of hydrogen-bond donors (Lipinski definition) is 0. The van der Waals surface area contributed by atoms with Gasteiger partial charge in [0.15, 0.2) is 0 Å². The Morgan fingerprint density at radius 2 is 1.22 bits per heavy atom. The van der Waals surface area contributed by atoms with Gasteiger partial charge in [-0.2, -0.15) is 10.5 Å². The number of ether oxygens (including phenoxy) is 1. The predicted molar refractivity (Wildman–Crippen MR) is 131 cm³/mol. The lowest BCUT2D eigenvalue weighted by Gasteiger charge is -2.08. The molecular weight excluding hydrogens is 461 g/mol. The van der Waals surface area contributed by atoms with Crippen molar-refractivity contribution >= 4 is 0 Å². The fourth-order valence-corrected chi connectivity index (χ4v) is 3.45. The van der Waals surface area contributed by atoms with Gasteiger partial charge < -0.3 is 4.74 Å². The maximum Gasteiger partial charge on any atom is 0.573 e. The van der Waals surface area contributed by atoms with Crippen molar-refractivity contribution in [3.8, 4) is 41.6 Å². The summed E-state index contributed by atoms with van der Waals surface area (Å²) in [4.78, 5) is 0. The molecule has 3 aromatic rings. The van der Waals surface area contributed by atoms with Crippen LogP contribution in [-0.2, 0) is 19.3 Å². The van der Waals surface area contributed by atoms with Crippen LogP contribution in [0.3, 0.4) is 0 Å². The number of nitrogens with zero attached hydrogens (tertiary/aromatic N) is 2. The molecule has 0 saturated heterocycles. The fraction of sp³-hybridized carbons (Fsp3) is 0.200. The van der Waals surface area contributed by atoms with E-state index in [4.69, 9.17) is 0 Å². The van der Waals surface area contributed by atoms with Gasteiger partial charge in [-0.3, -0.25) is 0 Å². The van der Waals surface area contributed by atoms with Gasteiger partial charge in [-0.1, -0.05) is 55.2 Å². The Kier molecular flexibility index (Phi) is 8.78. The minimum Gasteiger partial charge on any atom is -0.406 e. The zero-order chi connectivity index (χ0) is 26.0. The maximum absolute atomic E-state index is 12.4. The first kappa shape index (κ1) is 26.0. The molecule has 0 bridgehead atoms. The largest absolute Gasteiger partial charge is 0.573 e. The van der Waals surface area contributed by atoms with E-state index in [0.717, 1.165) is 18.4 Å². The van der Waals surface area contributed by atoms with Gasteiger partial charge in [0, 0.05) is 22.3 Å². The molecule has 0 N–H and O–H groups in total. The predicted octanol–water partition coefficient (Wildman–Crippen LogP) is 6.47. The van der Waals surface area contributed by atoms with Crippen LogP contribution in [0, 0.1) is 46.3 Å². The molecule has 0 aliphatic heterocycles. The van der Waals surface area contributed by atoms with E-state index in [1.54, 1.807) is 12.1 Å². The van der Waals surface area contributed by atoms with Gasteiger partial charge in [0.05, 0.1) is 25.0 Å². The number of halogens is 3. The number of hydrogen-bond acceptors (Lipinski definition) is 3. The lowest BCUT2D eigenvalue weighted by molar-refractivity contribution is -0.274. The number of aryl methyl sites for hydroxylation is 1. The molecule has 0 unspecified atom stereocenters. The first-order valence-electron chi connectivity index (χ1n) is 11.2. The van der Waals surface area contributed by atoms with Gasteiger partial charge >= 0.3 is 6.36 Å². The highest BCUT2D eigenvalue weighted by molar-refractivity contribution is 5.57. The molecule has 0 spiro atoms. The summed E-state index contributed by atoms with van der Waals surface area (Å²) in [5.41, 5.74) is 5.12. The highest BCUT2D eigenvalue weighted by atomic mass is 19.4. The SMILES string of the molecule is CCCc1ccc(C#Cc2cc(C#Cc3ccc(OC(F)(F)F)cc3)c(CC#N)cc2CC#N)cc1. The van der Waals surface area contributed by atoms with Crippen molar-refractivity contribution in [2.75, 3.05) is 0 Å². The van der Waals surface area contributed by atoms with E-state index in [1.807, 2.05) is 24.3 Å². The number of benzene rings is 3. The van der Waals surface area contributed by atoms with Gasteiger partial charge in [-0.05, 0) is 65.6 Å². The van der Waals surface area contributed by atoms with Gasteiger partial charge in [0.2, 0.25) is 0 Å². The summed E-state index contributed by atoms with van der Waals surface area (Å²) in [6.07, 6.45) is -2.48. The second-order valence-electron chi connectivity index (χ2n) is 7.86. The van der Waals surface area contributed by atoms with Gasteiger partial charge in [-0.25, -0.2) is 0 Å². The highest BCUT2D eigenvalue weighted by Crippen LogP contribution is 2.23. The first-order chi connectivity index (χ1) is 17.3. The third-order valence-electron chi connectivity index (χ3n) is 5.13. The molecule has 0 heterocycles. The molecule has 3 nitrogen and oxygen atoms in total. The third kappa shape index (κ3) is 7.70. The molecule has 0 aliphatic carbocycles. The van der Waals surface area contributed by atoms with E-state index in [1.165, 1.54) is 29.8 Å². The van der Waals surface area contributed by atoms with E-state index in [9.17, 15) is 23.7 Å². The molecule has 3 rings (SSSR count). The summed E-state index contributed by atoms with van der Waals surface area (Å²) in [6, 6.07) is 21.0. The van der Waals surface area contributed by atoms with Crippen LogP contribution in [0.15, 0.2) is 60.7 Å². The second kappa shape index (κ2) is 12.2. The molecular formula is C30H21F3N2O. The van der Waals surface area contributed by atoms with Crippen LogP contribution in [0.4, 0.5) is 13.2 Å². The summed E-state index contributed by atoms with van der Waals surface area (Å²) in [5, 5.41) is 18.5. The minimum atomic E-state index is -4.76. The van der Waals surface area contributed by atoms with Crippen molar-refractivity contribution in [1.29, 1.82) is 10.5 Å². The highest BCUT2D eigenvalue weighted by Gasteiger charge is 2.30. The standard InChI is InChI=1S/C30H21F3N2O/c1-2-3-22-4-6-23(7-5-22)8-12-25-20-26(28(17-19-35)21-27(25)16-18-34)13-9-24-10-14-29(15-11-24)36-30(31,32)33/h4-7,10-11,14-15,20-21H,2-3,16-17H2,1H3. The zero-order valence-electron chi connectivity index (χ0n) is 19.5. The number of rotatable bonds is 5. The van der Waals surface area contributed by atoms with E-state index in [2.05, 4.69) is 47.5 Å². The van der Waals surface area contributed by atoms with Crippen molar-refractivity contribution in [2.45, 2.75) is 39.0 Å². The maximum atomic E-state index is 12.4. The monoisotopic (exact) mass is 482 g/mol. The normalized spacial score (nSPS) is 10.2. The molecule has 0 radical (unpaired) electrons. The van der Waals surface area contributed by atoms with Gasteiger partial charge in [0.25, 0.3) is 0 Å². The summed E-state index contributed by atoms with van der Waals surface area (Å²) in [5.74, 6) is 11.8. The van der Waals surface area contributed by atoms with E-state index in [0.29, 0.717) is 27.8 Å². The Bertz CT molecular complexity index is 1420. The van der Waals surface area contributed by atoms with Crippen LogP contribution in [-0.4, -0.2) is 6.36 Å². The van der Waals surface area contributed by atoms with Crippen LogP contribution in [0.2, 0.25) is 0 Å². The fourth-order valence-electron chi connectivity index (χ4n) is 3.45. The summed E-state index contributed by atoms with van der Waals surface area (Å²) >= 11 is 0. The lowest BCUT2D eigenvalue weighted by Crippen LogP contribution is -2.16. The van der Waals surface area contributed by atoms with Gasteiger partial charge in [0.1, 0.15) is 5.75 Å². The van der Waals surface area contributed by atoms with Crippen LogP contribution < -0.4 is 4.74 Å². The first-order valence-corrected chi connectivity index (χ1v) is 11.2. The molecule has 36 heavy (non-hydrogen) atoms. The Labute approximate surface area is 208 Å². The number of nitriles is 2. The molecule has 0 fully saturated rings. The van der Waals surface area contributed by atoms with Crippen molar-refractivity contribution in [3.63, 3.8) is 0 Å². The average molecular weight is 483 g/mol. The Morgan fingerprint density at radius 3 is 1.67 bits per heavy atom. The van der Waals surface area contributed by atoms with Crippen molar-refractivity contribution in [1.82, 2.24) is 0 Å². The molecule has 0 saturated carbocycles. The molecule has 0 aromatic heterocycles. The topological polar surface area (TPSA) is 56.8 Å². The third-order valence-corrected chi connectivity index (χ3v) is 5.13. The Hall–Kier alpha value is -4.65. The summed E-state index contributed by atoms with van der Waals surface area (Å²) in [7, 11) is 0. The summed E-state index contributed by atoms with van der Waals surface area (Å²) in [6.45, 7) is 2.12. The quantitative estimate of drug-likeness (QED) is 0.392. The smallest absolute Gasteiger partial charge is 0.406 e. The summed E-state index contributed by atoms with van der Waals surface area (Å²) < 4.78 is 41.0. The zero-order valence-corrected chi connectivity index (χ0v) is 19.5. The second-order valence-corrected chi connectivity index (χ2v) is 7.86. The van der Waals surface area contributed by atoms with E-state index < -0.39 is 6.36 Å². The van der Waals surface area contributed by atoms with Crippen molar-refractivity contribution < 1.29 is 17.9 Å². The van der Waals surface area contributed by atoms with Crippen LogP contribution in [0.1, 0.15) is 52.3 Å².